The number of carboxylic acid groups (broad SMARTS) is 1. The van der Waals surface area contributed by atoms with Gasteiger partial charge in [-0.2, -0.15) is 0 Å². The molecule has 0 radical (unpaired) electrons. The Labute approximate surface area is 117 Å². The van der Waals surface area contributed by atoms with Crippen molar-refractivity contribution >= 4 is 5.97 Å². The van der Waals surface area contributed by atoms with E-state index >= 15 is 0 Å². The molecule has 0 aromatic heterocycles. The number of carboxylic acids is 1. The van der Waals surface area contributed by atoms with E-state index in [0.29, 0.717) is 17.9 Å². The van der Waals surface area contributed by atoms with Gasteiger partial charge in [-0.15, -0.1) is 0 Å². The van der Waals surface area contributed by atoms with Gasteiger partial charge in [0.2, 0.25) is 0 Å². The Bertz CT molecular complexity index is 317. The molecule has 1 aliphatic rings. The van der Waals surface area contributed by atoms with Crippen molar-refractivity contribution in [3.8, 4) is 0 Å². The molecule has 112 valence electrons. The number of rotatable bonds is 5. The smallest absolute Gasteiger partial charge is 0.323 e. The monoisotopic (exact) mass is 270 g/mol. The molecule has 0 saturated carbocycles. The summed E-state index contributed by atoms with van der Waals surface area (Å²) in [6.45, 7) is 10.7. The maximum atomic E-state index is 11.4. The van der Waals surface area contributed by atoms with E-state index in [2.05, 4.69) is 31.0 Å². The molecular weight excluding hydrogens is 240 g/mol. The fourth-order valence-electron chi connectivity index (χ4n) is 2.90. The standard InChI is InChI=1S/C15H30N2O2/c1-12(11-15(4,16-5)13(18)19)17-9-6-7-14(2,3)8-10-17/h12,16H,6-11H2,1-5H3,(H,18,19). The van der Waals surface area contributed by atoms with Crippen LogP contribution in [0.2, 0.25) is 0 Å². The topological polar surface area (TPSA) is 52.6 Å². The molecule has 19 heavy (non-hydrogen) atoms. The van der Waals surface area contributed by atoms with Crippen molar-refractivity contribution in [2.24, 2.45) is 5.41 Å². The van der Waals surface area contributed by atoms with E-state index in [0.717, 1.165) is 13.1 Å². The molecule has 2 N–H and O–H groups in total. The fourth-order valence-corrected chi connectivity index (χ4v) is 2.90. The van der Waals surface area contributed by atoms with Crippen LogP contribution in [0.5, 0.6) is 0 Å². The second kappa shape index (κ2) is 6.23. The number of aliphatic carboxylic acids is 1. The average molecular weight is 270 g/mol. The van der Waals surface area contributed by atoms with E-state index in [9.17, 15) is 9.90 Å². The highest BCUT2D eigenvalue weighted by Crippen LogP contribution is 2.31. The molecule has 0 aliphatic carbocycles. The molecule has 1 aliphatic heterocycles. The highest BCUT2D eigenvalue weighted by Gasteiger charge is 2.35. The SMILES string of the molecule is CNC(C)(CC(C)N1CCCC(C)(C)CC1)C(=O)O. The van der Waals surface area contributed by atoms with Gasteiger partial charge in [0, 0.05) is 6.04 Å². The van der Waals surface area contributed by atoms with Crippen molar-refractivity contribution in [1.82, 2.24) is 10.2 Å². The molecule has 0 bridgehead atoms. The van der Waals surface area contributed by atoms with Crippen LogP contribution in [-0.4, -0.2) is 47.7 Å². The average Bonchev–Trinajstić information content (AvgIpc) is 2.49. The summed E-state index contributed by atoms with van der Waals surface area (Å²) < 4.78 is 0. The Balaban J connectivity index is 2.62. The number of nitrogens with one attached hydrogen (secondary N) is 1. The molecule has 1 rings (SSSR count). The summed E-state index contributed by atoms with van der Waals surface area (Å²) in [6, 6.07) is 0.294. The molecular formula is C15H30N2O2. The molecule has 0 aromatic carbocycles. The number of hydrogen-bond acceptors (Lipinski definition) is 3. The highest BCUT2D eigenvalue weighted by atomic mass is 16.4. The maximum absolute atomic E-state index is 11.4. The van der Waals surface area contributed by atoms with Crippen LogP contribution in [0, 0.1) is 5.41 Å². The zero-order valence-electron chi connectivity index (χ0n) is 13.1. The third-order valence-corrected chi connectivity index (χ3v) is 4.73. The summed E-state index contributed by atoms with van der Waals surface area (Å²) in [5, 5.41) is 12.3. The van der Waals surface area contributed by atoms with E-state index in [1.165, 1.54) is 19.3 Å². The van der Waals surface area contributed by atoms with Gasteiger partial charge in [0.15, 0.2) is 0 Å². The first kappa shape index (κ1) is 16.4. The summed E-state index contributed by atoms with van der Waals surface area (Å²) >= 11 is 0. The Morgan fingerprint density at radius 2 is 2.05 bits per heavy atom. The summed E-state index contributed by atoms with van der Waals surface area (Å²) in [7, 11) is 1.73. The van der Waals surface area contributed by atoms with Gasteiger partial charge < -0.3 is 15.3 Å². The van der Waals surface area contributed by atoms with Gasteiger partial charge in [-0.3, -0.25) is 4.79 Å². The quantitative estimate of drug-likeness (QED) is 0.805. The number of carbonyl (C=O) groups is 1. The first-order chi connectivity index (χ1) is 8.70. The molecule has 0 spiro atoms. The lowest BCUT2D eigenvalue weighted by molar-refractivity contribution is -0.144. The minimum atomic E-state index is -0.832. The van der Waals surface area contributed by atoms with Crippen molar-refractivity contribution in [2.75, 3.05) is 20.1 Å². The second-order valence-corrected chi connectivity index (χ2v) is 6.99. The third-order valence-electron chi connectivity index (χ3n) is 4.73. The molecule has 4 heteroatoms. The Hall–Kier alpha value is -0.610. The highest BCUT2D eigenvalue weighted by molar-refractivity contribution is 5.78. The Morgan fingerprint density at radius 3 is 2.58 bits per heavy atom. The van der Waals surface area contributed by atoms with Crippen LogP contribution in [0.25, 0.3) is 0 Å². The lowest BCUT2D eigenvalue weighted by atomic mass is 9.85. The maximum Gasteiger partial charge on any atom is 0.323 e. The van der Waals surface area contributed by atoms with Gasteiger partial charge >= 0.3 is 5.97 Å². The van der Waals surface area contributed by atoms with Gasteiger partial charge in [0.25, 0.3) is 0 Å². The van der Waals surface area contributed by atoms with Crippen molar-refractivity contribution in [2.45, 2.75) is 65.0 Å². The molecule has 0 amide bonds. The number of hydrogen-bond donors (Lipinski definition) is 2. The summed E-state index contributed by atoms with van der Waals surface area (Å²) in [5.74, 6) is -0.767. The van der Waals surface area contributed by atoms with Crippen molar-refractivity contribution < 1.29 is 9.90 Å². The first-order valence-corrected chi connectivity index (χ1v) is 7.36. The lowest BCUT2D eigenvalue weighted by Gasteiger charge is -2.34. The van der Waals surface area contributed by atoms with E-state index < -0.39 is 11.5 Å². The van der Waals surface area contributed by atoms with Crippen LogP contribution in [0.3, 0.4) is 0 Å². The predicted molar refractivity (Wildman–Crippen MR) is 78.4 cm³/mol. The summed E-state index contributed by atoms with van der Waals surface area (Å²) in [5.41, 5.74) is -0.408. The van der Waals surface area contributed by atoms with Crippen LogP contribution in [0.15, 0.2) is 0 Å². The van der Waals surface area contributed by atoms with Gasteiger partial charge in [0.1, 0.15) is 5.54 Å². The molecule has 1 fully saturated rings. The zero-order valence-corrected chi connectivity index (χ0v) is 13.1. The minimum Gasteiger partial charge on any atom is -0.480 e. The Kier molecular flexibility index (Phi) is 5.39. The first-order valence-electron chi connectivity index (χ1n) is 7.36. The normalized spacial score (nSPS) is 25.3. The zero-order chi connectivity index (χ0) is 14.7. The summed E-state index contributed by atoms with van der Waals surface area (Å²) in [6.07, 6.45) is 4.30. The fraction of sp³-hybridized carbons (Fsp3) is 0.933. The number of likely N-dealkylation sites (N-methyl/N-ethyl adjacent to an activating group) is 1. The van der Waals surface area contributed by atoms with E-state index in [-0.39, 0.29) is 0 Å². The molecule has 1 saturated heterocycles. The van der Waals surface area contributed by atoms with Gasteiger partial charge in [-0.25, -0.2) is 0 Å². The Morgan fingerprint density at radius 1 is 1.42 bits per heavy atom. The van der Waals surface area contributed by atoms with Crippen LogP contribution in [0.4, 0.5) is 0 Å². The third kappa shape index (κ3) is 4.46. The van der Waals surface area contributed by atoms with Gasteiger partial charge in [-0.05, 0) is 65.1 Å². The summed E-state index contributed by atoms with van der Waals surface area (Å²) in [4.78, 5) is 13.8. The second-order valence-electron chi connectivity index (χ2n) is 6.99. The van der Waals surface area contributed by atoms with Gasteiger partial charge in [-0.1, -0.05) is 13.8 Å². The van der Waals surface area contributed by atoms with Crippen LogP contribution in [-0.2, 0) is 4.79 Å². The molecule has 1 heterocycles. The molecule has 4 nitrogen and oxygen atoms in total. The van der Waals surface area contributed by atoms with Crippen molar-refractivity contribution in [3.63, 3.8) is 0 Å². The lowest BCUT2D eigenvalue weighted by Crippen LogP contribution is -2.52. The van der Waals surface area contributed by atoms with E-state index in [4.69, 9.17) is 0 Å². The van der Waals surface area contributed by atoms with Crippen molar-refractivity contribution in [1.29, 1.82) is 0 Å². The van der Waals surface area contributed by atoms with Crippen LogP contribution < -0.4 is 5.32 Å². The molecule has 0 aromatic rings. The molecule has 2 atom stereocenters. The van der Waals surface area contributed by atoms with E-state index in [1.807, 2.05) is 0 Å². The predicted octanol–water partition coefficient (Wildman–Crippen LogP) is 2.34. The van der Waals surface area contributed by atoms with E-state index in [1.54, 1.807) is 14.0 Å². The van der Waals surface area contributed by atoms with Crippen LogP contribution >= 0.6 is 0 Å². The largest absolute Gasteiger partial charge is 0.480 e. The van der Waals surface area contributed by atoms with Gasteiger partial charge in [0.05, 0.1) is 0 Å². The molecule has 2 unspecified atom stereocenters. The minimum absolute atomic E-state index is 0.294. The number of likely N-dealkylation sites (tertiary alicyclic amines) is 1. The van der Waals surface area contributed by atoms with Crippen LogP contribution in [0.1, 0.15) is 53.4 Å². The number of nitrogens with zero attached hydrogens (tertiary/aromatic N) is 1. The van der Waals surface area contributed by atoms with Crippen molar-refractivity contribution in [3.05, 3.63) is 0 Å².